The maximum atomic E-state index is 12.7. The van der Waals surface area contributed by atoms with Crippen molar-refractivity contribution in [3.05, 3.63) is 15.8 Å². The van der Waals surface area contributed by atoms with Crippen LogP contribution in [0, 0.1) is 6.92 Å². The fourth-order valence-corrected chi connectivity index (χ4v) is 5.50. The van der Waals surface area contributed by atoms with Gasteiger partial charge in [0.05, 0.1) is 4.90 Å². The zero-order chi connectivity index (χ0) is 14.0. The van der Waals surface area contributed by atoms with Crippen LogP contribution >= 0.6 is 11.3 Å². The highest BCUT2D eigenvalue weighted by Crippen LogP contribution is 2.35. The summed E-state index contributed by atoms with van der Waals surface area (Å²) in [4.78, 5) is 2.48. The average Bonchev–Trinajstić information content (AvgIpc) is 3.10. The zero-order valence-electron chi connectivity index (χ0n) is 11.8. The Balaban J connectivity index is 2.26. The maximum absolute atomic E-state index is 12.7. The lowest BCUT2D eigenvalue weighted by Crippen LogP contribution is -2.33. The van der Waals surface area contributed by atoms with E-state index >= 15 is 0 Å². The standard InChI is InChI=1S/C13H22N2O2S2/c1-4-14-9-12-8-13(10(3)18-12)19(16,17)15(5-2)11-6-7-11/h8,11,14H,4-7,9H2,1-3H3. The Morgan fingerprint density at radius 1 is 1.42 bits per heavy atom. The molecule has 0 amide bonds. The third kappa shape index (κ3) is 3.18. The van der Waals surface area contributed by atoms with Crippen LogP contribution in [0.15, 0.2) is 11.0 Å². The second kappa shape index (κ2) is 5.91. The van der Waals surface area contributed by atoms with Crippen molar-refractivity contribution in [3.63, 3.8) is 0 Å². The smallest absolute Gasteiger partial charge is 0.244 e. The molecule has 0 spiro atoms. The van der Waals surface area contributed by atoms with E-state index in [4.69, 9.17) is 0 Å². The first-order valence-corrected chi connectivity index (χ1v) is 9.08. The summed E-state index contributed by atoms with van der Waals surface area (Å²) in [6.07, 6.45) is 2.00. The normalized spacial score (nSPS) is 16.2. The van der Waals surface area contributed by atoms with E-state index in [2.05, 4.69) is 5.32 Å². The van der Waals surface area contributed by atoms with Gasteiger partial charge in [0.2, 0.25) is 10.0 Å². The monoisotopic (exact) mass is 302 g/mol. The predicted molar refractivity (Wildman–Crippen MR) is 79.0 cm³/mol. The molecule has 19 heavy (non-hydrogen) atoms. The Hall–Kier alpha value is -0.430. The number of thiophene rings is 1. The molecular weight excluding hydrogens is 280 g/mol. The van der Waals surface area contributed by atoms with E-state index in [0.717, 1.165) is 35.7 Å². The van der Waals surface area contributed by atoms with Crippen LogP contribution < -0.4 is 5.32 Å². The Kier molecular flexibility index (Phi) is 4.66. The largest absolute Gasteiger partial charge is 0.312 e. The molecular formula is C13H22N2O2S2. The van der Waals surface area contributed by atoms with Gasteiger partial charge in [-0.05, 0) is 32.4 Å². The summed E-state index contributed by atoms with van der Waals surface area (Å²) in [5.74, 6) is 0. The van der Waals surface area contributed by atoms with Crippen LogP contribution in [0.4, 0.5) is 0 Å². The lowest BCUT2D eigenvalue weighted by molar-refractivity contribution is 0.421. The number of hydrogen-bond acceptors (Lipinski definition) is 4. The fraction of sp³-hybridized carbons (Fsp3) is 0.692. The molecule has 0 aliphatic heterocycles. The molecule has 108 valence electrons. The molecule has 1 N–H and O–H groups in total. The quantitative estimate of drug-likeness (QED) is 0.841. The van der Waals surface area contributed by atoms with E-state index in [9.17, 15) is 8.42 Å². The van der Waals surface area contributed by atoms with Gasteiger partial charge in [-0.2, -0.15) is 4.31 Å². The second-order valence-electron chi connectivity index (χ2n) is 4.85. The summed E-state index contributed by atoms with van der Waals surface area (Å²) in [6, 6.07) is 2.06. The third-order valence-corrected chi connectivity index (χ3v) is 6.66. The molecule has 0 radical (unpaired) electrons. The number of aryl methyl sites for hydroxylation is 1. The summed E-state index contributed by atoms with van der Waals surface area (Å²) >= 11 is 1.57. The van der Waals surface area contributed by atoms with Crippen LogP contribution in [0.25, 0.3) is 0 Å². The van der Waals surface area contributed by atoms with Crippen molar-refractivity contribution in [2.24, 2.45) is 0 Å². The number of nitrogens with one attached hydrogen (secondary N) is 1. The van der Waals surface area contributed by atoms with E-state index in [1.54, 1.807) is 15.6 Å². The zero-order valence-corrected chi connectivity index (χ0v) is 13.4. The highest BCUT2D eigenvalue weighted by Gasteiger charge is 2.38. The molecule has 2 rings (SSSR count). The van der Waals surface area contributed by atoms with Crippen molar-refractivity contribution in [2.45, 2.75) is 51.1 Å². The molecule has 0 bridgehead atoms. The average molecular weight is 302 g/mol. The minimum absolute atomic E-state index is 0.228. The van der Waals surface area contributed by atoms with Crippen LogP contribution in [-0.2, 0) is 16.6 Å². The molecule has 4 nitrogen and oxygen atoms in total. The van der Waals surface area contributed by atoms with Crippen LogP contribution in [0.1, 0.15) is 36.4 Å². The van der Waals surface area contributed by atoms with Gasteiger partial charge in [0, 0.05) is 28.9 Å². The highest BCUT2D eigenvalue weighted by atomic mass is 32.2. The molecule has 1 aromatic heterocycles. The van der Waals surface area contributed by atoms with Gasteiger partial charge in [-0.15, -0.1) is 11.3 Å². The molecule has 1 saturated carbocycles. The van der Waals surface area contributed by atoms with Gasteiger partial charge in [0.25, 0.3) is 0 Å². The van der Waals surface area contributed by atoms with Crippen LogP contribution in [0.5, 0.6) is 0 Å². The summed E-state index contributed by atoms with van der Waals surface area (Å²) in [6.45, 7) is 8.05. The lowest BCUT2D eigenvalue weighted by atomic mass is 10.4. The lowest BCUT2D eigenvalue weighted by Gasteiger charge is -2.19. The molecule has 1 fully saturated rings. The number of sulfonamides is 1. The molecule has 1 aliphatic rings. The van der Waals surface area contributed by atoms with E-state index in [-0.39, 0.29) is 6.04 Å². The van der Waals surface area contributed by atoms with E-state index in [0.29, 0.717) is 11.4 Å². The molecule has 1 aromatic rings. The first-order valence-electron chi connectivity index (χ1n) is 6.82. The number of rotatable bonds is 7. The molecule has 6 heteroatoms. The van der Waals surface area contributed by atoms with Crippen molar-refractivity contribution < 1.29 is 8.42 Å². The van der Waals surface area contributed by atoms with Crippen molar-refractivity contribution in [1.82, 2.24) is 9.62 Å². The van der Waals surface area contributed by atoms with Gasteiger partial charge in [0.15, 0.2) is 0 Å². The fourth-order valence-electron chi connectivity index (χ4n) is 2.23. The Morgan fingerprint density at radius 2 is 2.11 bits per heavy atom. The van der Waals surface area contributed by atoms with Crippen LogP contribution in [0.2, 0.25) is 0 Å². The Bertz CT molecular complexity index is 533. The summed E-state index contributed by atoms with van der Waals surface area (Å²) < 4.78 is 27.0. The van der Waals surface area contributed by atoms with E-state index < -0.39 is 10.0 Å². The van der Waals surface area contributed by atoms with Crippen LogP contribution in [0.3, 0.4) is 0 Å². The van der Waals surface area contributed by atoms with Crippen molar-refractivity contribution in [3.8, 4) is 0 Å². The topological polar surface area (TPSA) is 49.4 Å². The Labute approximate surface area is 119 Å². The van der Waals surface area contributed by atoms with Crippen LogP contribution in [-0.4, -0.2) is 31.9 Å². The second-order valence-corrected chi connectivity index (χ2v) is 8.05. The summed E-state index contributed by atoms with van der Waals surface area (Å²) in [7, 11) is -3.31. The minimum atomic E-state index is -3.31. The summed E-state index contributed by atoms with van der Waals surface area (Å²) in [5, 5.41) is 3.24. The van der Waals surface area contributed by atoms with Gasteiger partial charge < -0.3 is 5.32 Å². The Morgan fingerprint density at radius 3 is 2.63 bits per heavy atom. The van der Waals surface area contributed by atoms with Crippen molar-refractivity contribution in [2.75, 3.05) is 13.1 Å². The van der Waals surface area contributed by atoms with Gasteiger partial charge >= 0.3 is 0 Å². The third-order valence-electron chi connectivity index (χ3n) is 3.32. The minimum Gasteiger partial charge on any atom is -0.312 e. The maximum Gasteiger partial charge on any atom is 0.244 e. The van der Waals surface area contributed by atoms with Gasteiger partial charge in [-0.1, -0.05) is 13.8 Å². The van der Waals surface area contributed by atoms with Gasteiger partial charge in [0.1, 0.15) is 0 Å². The van der Waals surface area contributed by atoms with Gasteiger partial charge in [-0.3, -0.25) is 0 Å². The molecule has 1 heterocycles. The molecule has 1 aliphatic carbocycles. The SMILES string of the molecule is CCNCc1cc(S(=O)(=O)N(CC)C2CC2)c(C)s1. The predicted octanol–water partition coefficient (Wildman–Crippen LogP) is 2.34. The molecule has 0 atom stereocenters. The van der Waals surface area contributed by atoms with Crippen molar-refractivity contribution >= 4 is 21.4 Å². The van der Waals surface area contributed by atoms with E-state index in [1.165, 1.54) is 0 Å². The molecule has 0 unspecified atom stereocenters. The van der Waals surface area contributed by atoms with Gasteiger partial charge in [-0.25, -0.2) is 8.42 Å². The van der Waals surface area contributed by atoms with E-state index in [1.807, 2.05) is 26.8 Å². The molecule has 0 aromatic carbocycles. The highest BCUT2D eigenvalue weighted by molar-refractivity contribution is 7.89. The number of nitrogens with zero attached hydrogens (tertiary/aromatic N) is 1. The van der Waals surface area contributed by atoms with Crippen molar-refractivity contribution in [1.29, 1.82) is 0 Å². The first kappa shape index (κ1) is 15.0. The number of hydrogen-bond donors (Lipinski definition) is 1. The molecule has 0 saturated heterocycles. The summed E-state index contributed by atoms with van der Waals surface area (Å²) in [5.41, 5.74) is 0. The first-order chi connectivity index (χ1) is 9.00.